The number of carbonyl (C=O) groups excluding carboxylic acids is 1. The van der Waals surface area contributed by atoms with Crippen LogP contribution in [-0.4, -0.2) is 67.1 Å². The molecule has 1 fully saturated rings. The van der Waals surface area contributed by atoms with Gasteiger partial charge in [0, 0.05) is 45.7 Å². The molecule has 1 amide bonds. The normalized spacial score (nSPS) is 17.7. The Labute approximate surface area is 126 Å². The van der Waals surface area contributed by atoms with Crippen LogP contribution < -0.4 is 5.32 Å². The molecular weight excluding hydrogens is 266 g/mol. The molecule has 1 saturated heterocycles. The molecule has 116 valence electrons. The zero-order chi connectivity index (χ0) is 15.1. The Bertz CT molecular complexity index is 430. The van der Waals surface area contributed by atoms with E-state index in [4.69, 9.17) is 0 Å². The molecule has 1 aromatic carbocycles. The van der Waals surface area contributed by atoms with Gasteiger partial charge in [-0.2, -0.15) is 0 Å². The van der Waals surface area contributed by atoms with Crippen LogP contribution in [0.15, 0.2) is 30.3 Å². The van der Waals surface area contributed by atoms with Crippen LogP contribution in [0.3, 0.4) is 0 Å². The van der Waals surface area contributed by atoms with E-state index in [0.717, 1.165) is 38.3 Å². The van der Waals surface area contributed by atoms with Gasteiger partial charge in [-0.3, -0.25) is 9.69 Å². The van der Waals surface area contributed by atoms with Crippen molar-refractivity contribution >= 4 is 5.91 Å². The maximum absolute atomic E-state index is 11.9. The summed E-state index contributed by atoms with van der Waals surface area (Å²) in [7, 11) is 1.86. The van der Waals surface area contributed by atoms with E-state index in [9.17, 15) is 9.90 Å². The Morgan fingerprint density at radius 2 is 1.90 bits per heavy atom. The van der Waals surface area contributed by atoms with Crippen LogP contribution >= 0.6 is 0 Å². The highest BCUT2D eigenvalue weighted by Crippen LogP contribution is 2.15. The van der Waals surface area contributed by atoms with E-state index in [2.05, 4.69) is 10.2 Å². The molecule has 1 unspecified atom stereocenters. The molecule has 2 N–H and O–H groups in total. The molecule has 1 aromatic rings. The van der Waals surface area contributed by atoms with E-state index in [1.165, 1.54) is 0 Å². The van der Waals surface area contributed by atoms with Gasteiger partial charge in [0.05, 0.1) is 6.10 Å². The first-order valence-electron chi connectivity index (χ1n) is 7.58. The van der Waals surface area contributed by atoms with Gasteiger partial charge >= 0.3 is 0 Å². The van der Waals surface area contributed by atoms with Crippen LogP contribution in [0.1, 0.15) is 18.1 Å². The summed E-state index contributed by atoms with van der Waals surface area (Å²) >= 11 is 0. The minimum absolute atomic E-state index is 0.215. The van der Waals surface area contributed by atoms with E-state index in [-0.39, 0.29) is 5.91 Å². The van der Waals surface area contributed by atoms with Gasteiger partial charge in [-0.05, 0) is 12.6 Å². The molecule has 1 aliphatic rings. The molecule has 5 heteroatoms. The Morgan fingerprint density at radius 3 is 2.52 bits per heavy atom. The number of rotatable bonds is 6. The highest BCUT2D eigenvalue weighted by molar-refractivity contribution is 5.76. The minimum atomic E-state index is -0.460. The number of amides is 1. The fraction of sp³-hybridized carbons (Fsp3) is 0.562. The van der Waals surface area contributed by atoms with Crippen LogP contribution in [0.2, 0.25) is 0 Å². The largest absolute Gasteiger partial charge is 0.387 e. The minimum Gasteiger partial charge on any atom is -0.387 e. The first-order chi connectivity index (χ1) is 10.2. The van der Waals surface area contributed by atoms with E-state index in [1.54, 1.807) is 0 Å². The standard InChI is InChI=1S/C16H25N3O2/c1-17-8-7-16(21)19-11-9-18(10-12-19)13-15(20)14-5-3-2-4-6-14/h2-6,15,17,20H,7-13H2,1H3. The summed E-state index contributed by atoms with van der Waals surface area (Å²) in [6.45, 7) is 4.52. The molecule has 1 heterocycles. The molecule has 0 spiro atoms. The van der Waals surface area contributed by atoms with Crippen molar-refractivity contribution in [3.05, 3.63) is 35.9 Å². The summed E-state index contributed by atoms with van der Waals surface area (Å²) in [5.74, 6) is 0.215. The zero-order valence-electron chi connectivity index (χ0n) is 12.7. The Balaban J connectivity index is 1.75. The third-order valence-corrected chi connectivity index (χ3v) is 3.93. The lowest BCUT2D eigenvalue weighted by Crippen LogP contribution is -2.49. The number of piperazine rings is 1. The van der Waals surface area contributed by atoms with Crippen LogP contribution in [0, 0.1) is 0 Å². The lowest BCUT2D eigenvalue weighted by molar-refractivity contribution is -0.133. The first-order valence-corrected chi connectivity index (χ1v) is 7.58. The first kappa shape index (κ1) is 15.9. The summed E-state index contributed by atoms with van der Waals surface area (Å²) in [6, 6.07) is 9.73. The lowest BCUT2D eigenvalue weighted by atomic mass is 10.1. The van der Waals surface area contributed by atoms with Crippen LogP contribution in [0.25, 0.3) is 0 Å². The van der Waals surface area contributed by atoms with Gasteiger partial charge in [-0.15, -0.1) is 0 Å². The van der Waals surface area contributed by atoms with Crippen LogP contribution in [0.5, 0.6) is 0 Å². The number of hydrogen-bond donors (Lipinski definition) is 2. The second-order valence-electron chi connectivity index (χ2n) is 5.46. The fourth-order valence-corrected chi connectivity index (χ4v) is 2.60. The quantitative estimate of drug-likeness (QED) is 0.800. The van der Waals surface area contributed by atoms with Crippen molar-refractivity contribution in [3.8, 4) is 0 Å². The van der Waals surface area contributed by atoms with Gasteiger partial charge in [0.1, 0.15) is 0 Å². The van der Waals surface area contributed by atoms with Crippen LogP contribution in [-0.2, 0) is 4.79 Å². The number of benzene rings is 1. The summed E-state index contributed by atoms with van der Waals surface area (Å²) in [5.41, 5.74) is 0.949. The summed E-state index contributed by atoms with van der Waals surface area (Å²) < 4.78 is 0. The van der Waals surface area contributed by atoms with E-state index in [0.29, 0.717) is 13.0 Å². The zero-order valence-corrected chi connectivity index (χ0v) is 12.7. The van der Waals surface area contributed by atoms with Crippen LogP contribution in [0.4, 0.5) is 0 Å². The van der Waals surface area contributed by atoms with Crippen molar-refractivity contribution in [2.75, 3.05) is 46.3 Å². The topological polar surface area (TPSA) is 55.8 Å². The summed E-state index contributed by atoms with van der Waals surface area (Å²) in [6.07, 6.45) is 0.0982. The predicted molar refractivity (Wildman–Crippen MR) is 83.0 cm³/mol. The number of carbonyl (C=O) groups is 1. The van der Waals surface area contributed by atoms with Gasteiger partial charge in [0.15, 0.2) is 0 Å². The highest BCUT2D eigenvalue weighted by Gasteiger charge is 2.22. The van der Waals surface area contributed by atoms with Crippen molar-refractivity contribution in [2.24, 2.45) is 0 Å². The van der Waals surface area contributed by atoms with Gasteiger partial charge in [0.25, 0.3) is 0 Å². The van der Waals surface area contributed by atoms with Gasteiger partial charge in [-0.25, -0.2) is 0 Å². The Kier molecular flexibility index (Phi) is 6.17. The second-order valence-corrected chi connectivity index (χ2v) is 5.46. The molecule has 21 heavy (non-hydrogen) atoms. The lowest BCUT2D eigenvalue weighted by Gasteiger charge is -2.35. The highest BCUT2D eigenvalue weighted by atomic mass is 16.3. The summed E-state index contributed by atoms with van der Waals surface area (Å²) in [5, 5.41) is 13.2. The second kappa shape index (κ2) is 8.12. The average molecular weight is 291 g/mol. The molecule has 5 nitrogen and oxygen atoms in total. The van der Waals surface area contributed by atoms with Crippen molar-refractivity contribution in [1.29, 1.82) is 0 Å². The molecule has 1 atom stereocenters. The molecule has 0 bridgehead atoms. The molecule has 0 saturated carbocycles. The van der Waals surface area contributed by atoms with Crippen molar-refractivity contribution in [2.45, 2.75) is 12.5 Å². The average Bonchev–Trinajstić information content (AvgIpc) is 2.54. The maximum atomic E-state index is 11.9. The maximum Gasteiger partial charge on any atom is 0.223 e. The number of nitrogens with zero attached hydrogens (tertiary/aromatic N) is 2. The molecule has 0 aromatic heterocycles. The number of aliphatic hydroxyl groups is 1. The number of hydrogen-bond acceptors (Lipinski definition) is 4. The van der Waals surface area contributed by atoms with Crippen molar-refractivity contribution in [3.63, 3.8) is 0 Å². The third-order valence-electron chi connectivity index (χ3n) is 3.93. The fourth-order valence-electron chi connectivity index (χ4n) is 2.60. The Morgan fingerprint density at radius 1 is 1.24 bits per heavy atom. The molecular formula is C16H25N3O2. The predicted octanol–water partition coefficient (Wildman–Crippen LogP) is 0.474. The van der Waals surface area contributed by atoms with Crippen molar-refractivity contribution < 1.29 is 9.90 Å². The van der Waals surface area contributed by atoms with Gasteiger partial charge < -0.3 is 15.3 Å². The number of nitrogens with one attached hydrogen (secondary N) is 1. The Hall–Kier alpha value is -1.43. The summed E-state index contributed by atoms with van der Waals surface area (Å²) in [4.78, 5) is 16.1. The third kappa shape index (κ3) is 4.81. The smallest absolute Gasteiger partial charge is 0.223 e. The number of aliphatic hydroxyl groups excluding tert-OH is 1. The molecule has 2 rings (SSSR count). The van der Waals surface area contributed by atoms with Gasteiger partial charge in [-0.1, -0.05) is 30.3 Å². The molecule has 0 radical (unpaired) electrons. The monoisotopic (exact) mass is 291 g/mol. The van der Waals surface area contributed by atoms with E-state index < -0.39 is 6.10 Å². The molecule has 0 aliphatic carbocycles. The van der Waals surface area contributed by atoms with Crippen molar-refractivity contribution in [1.82, 2.24) is 15.1 Å². The van der Waals surface area contributed by atoms with Gasteiger partial charge in [0.2, 0.25) is 5.91 Å². The van der Waals surface area contributed by atoms with E-state index >= 15 is 0 Å². The number of β-amino-alcohol motifs (C(OH)–C–C–N with tert-alkyl or cyclic N) is 1. The SMILES string of the molecule is CNCCC(=O)N1CCN(CC(O)c2ccccc2)CC1. The van der Waals surface area contributed by atoms with E-state index in [1.807, 2.05) is 42.3 Å². The molecule has 1 aliphatic heterocycles.